The lowest BCUT2D eigenvalue weighted by Crippen LogP contribution is -2.59. The van der Waals surface area contributed by atoms with Crippen molar-refractivity contribution in [3.8, 4) is 0 Å². The monoisotopic (exact) mass is 484 g/mol. The van der Waals surface area contributed by atoms with Crippen LogP contribution >= 0.6 is 0 Å². The SMILES string of the molecule is C=C1CC[C@H]2[C@@](C)(CO)C[C@H](O)C[C@]2(C)[C@H]1CC/C(C)=C/CO[C@@H]1O[C@H](CO)[C@@H](O)[C@H](O)[C@H]1O. The van der Waals surface area contributed by atoms with Crippen molar-refractivity contribution >= 4 is 0 Å². The molecule has 1 saturated heterocycles. The van der Waals surface area contributed by atoms with E-state index in [4.69, 9.17) is 9.47 Å². The Labute approximate surface area is 202 Å². The van der Waals surface area contributed by atoms with E-state index in [2.05, 4.69) is 20.4 Å². The molecule has 0 spiro atoms. The van der Waals surface area contributed by atoms with Gasteiger partial charge in [0.2, 0.25) is 0 Å². The van der Waals surface area contributed by atoms with Crippen molar-refractivity contribution < 1.29 is 40.1 Å². The largest absolute Gasteiger partial charge is 0.396 e. The van der Waals surface area contributed by atoms with Gasteiger partial charge in [0, 0.05) is 6.61 Å². The van der Waals surface area contributed by atoms with Crippen LogP contribution in [-0.4, -0.2) is 87.3 Å². The van der Waals surface area contributed by atoms with Gasteiger partial charge in [0.1, 0.15) is 24.4 Å². The Morgan fingerprint density at radius 1 is 1.12 bits per heavy atom. The van der Waals surface area contributed by atoms with Crippen LogP contribution in [0.1, 0.15) is 59.3 Å². The molecule has 3 aliphatic rings. The number of aliphatic hydroxyl groups is 6. The standard InChI is InChI=1S/C26H44O8/c1-15(9-10-33-24-23(32)22(31)21(30)19(13-27)34-24)5-7-18-16(2)6-8-20-25(3,14-28)11-17(29)12-26(18,20)4/h9,17-24,27-32H,2,5-8,10-14H2,1,3-4H3/b15-9+/t17-,18-,19+,20-,21+,22-,23+,24+,25+,26+/m0/s1. The van der Waals surface area contributed by atoms with E-state index in [0.717, 1.165) is 37.7 Å². The first-order valence-electron chi connectivity index (χ1n) is 12.5. The van der Waals surface area contributed by atoms with Crippen LogP contribution in [0.4, 0.5) is 0 Å². The Morgan fingerprint density at radius 2 is 1.82 bits per heavy atom. The Balaban J connectivity index is 1.60. The maximum Gasteiger partial charge on any atom is 0.187 e. The molecule has 0 bridgehead atoms. The minimum Gasteiger partial charge on any atom is -0.396 e. The van der Waals surface area contributed by atoms with Crippen molar-refractivity contribution in [2.24, 2.45) is 22.7 Å². The highest BCUT2D eigenvalue weighted by Crippen LogP contribution is 2.61. The quantitative estimate of drug-likeness (QED) is 0.283. The van der Waals surface area contributed by atoms with Gasteiger partial charge in [0.05, 0.1) is 19.3 Å². The second-order valence-electron chi connectivity index (χ2n) is 11.3. The summed E-state index contributed by atoms with van der Waals surface area (Å²) in [5, 5.41) is 60.0. The average molecular weight is 485 g/mol. The van der Waals surface area contributed by atoms with Crippen LogP contribution in [-0.2, 0) is 9.47 Å². The van der Waals surface area contributed by atoms with E-state index >= 15 is 0 Å². The molecule has 3 fully saturated rings. The molecule has 6 N–H and O–H groups in total. The molecule has 3 rings (SSSR count). The van der Waals surface area contributed by atoms with Crippen molar-refractivity contribution in [3.63, 3.8) is 0 Å². The van der Waals surface area contributed by atoms with E-state index in [0.29, 0.717) is 12.3 Å². The lowest BCUT2D eigenvalue weighted by molar-refractivity contribution is -0.298. The Bertz CT molecular complexity index is 738. The summed E-state index contributed by atoms with van der Waals surface area (Å²) in [7, 11) is 0. The first-order valence-corrected chi connectivity index (χ1v) is 12.5. The summed E-state index contributed by atoms with van der Waals surface area (Å²) in [5.74, 6) is 0.587. The van der Waals surface area contributed by atoms with Gasteiger partial charge in [-0.2, -0.15) is 0 Å². The molecule has 2 aliphatic carbocycles. The number of ether oxygens (including phenoxy) is 2. The topological polar surface area (TPSA) is 140 Å². The summed E-state index contributed by atoms with van der Waals surface area (Å²) < 4.78 is 11.0. The van der Waals surface area contributed by atoms with Gasteiger partial charge in [-0.1, -0.05) is 37.6 Å². The van der Waals surface area contributed by atoms with Gasteiger partial charge in [-0.3, -0.25) is 0 Å². The predicted molar refractivity (Wildman–Crippen MR) is 127 cm³/mol. The van der Waals surface area contributed by atoms with Crippen molar-refractivity contribution in [2.75, 3.05) is 19.8 Å². The van der Waals surface area contributed by atoms with Crippen molar-refractivity contribution in [1.82, 2.24) is 0 Å². The molecular formula is C26H44O8. The minimum absolute atomic E-state index is 0.0811. The molecule has 1 aliphatic heterocycles. The van der Waals surface area contributed by atoms with Crippen LogP contribution < -0.4 is 0 Å². The summed E-state index contributed by atoms with van der Waals surface area (Å²) in [6.07, 6.45) is 0.0850. The fourth-order valence-electron chi connectivity index (χ4n) is 6.91. The first-order chi connectivity index (χ1) is 16.0. The van der Waals surface area contributed by atoms with Gasteiger partial charge in [-0.25, -0.2) is 0 Å². The van der Waals surface area contributed by atoms with Gasteiger partial charge in [-0.05, 0) is 68.1 Å². The van der Waals surface area contributed by atoms with Gasteiger partial charge < -0.3 is 40.1 Å². The third-order valence-electron chi connectivity index (χ3n) is 8.79. The molecule has 1 heterocycles. The molecule has 8 heteroatoms. The fraction of sp³-hybridized carbons (Fsp3) is 0.846. The maximum absolute atomic E-state index is 10.6. The van der Waals surface area contributed by atoms with E-state index in [-0.39, 0.29) is 30.0 Å². The number of rotatable bonds is 8. The highest BCUT2D eigenvalue weighted by Gasteiger charge is 2.56. The zero-order valence-electron chi connectivity index (χ0n) is 20.8. The lowest BCUT2D eigenvalue weighted by atomic mass is 9.46. The van der Waals surface area contributed by atoms with Crippen LogP contribution in [0.15, 0.2) is 23.8 Å². The zero-order valence-corrected chi connectivity index (χ0v) is 20.8. The van der Waals surface area contributed by atoms with Crippen LogP contribution in [0, 0.1) is 22.7 Å². The molecule has 0 unspecified atom stereocenters. The van der Waals surface area contributed by atoms with E-state index in [1.54, 1.807) is 0 Å². The smallest absolute Gasteiger partial charge is 0.187 e. The third kappa shape index (κ3) is 5.44. The van der Waals surface area contributed by atoms with Gasteiger partial charge >= 0.3 is 0 Å². The Hall–Kier alpha value is -0.840. The van der Waals surface area contributed by atoms with Gasteiger partial charge in [0.15, 0.2) is 6.29 Å². The second kappa shape index (κ2) is 11.0. The van der Waals surface area contributed by atoms with E-state index in [9.17, 15) is 30.6 Å². The summed E-state index contributed by atoms with van der Waals surface area (Å²) in [5.41, 5.74) is 1.93. The maximum atomic E-state index is 10.6. The molecule has 0 radical (unpaired) electrons. The van der Waals surface area contributed by atoms with E-state index in [1.807, 2.05) is 13.0 Å². The Morgan fingerprint density at radius 3 is 2.47 bits per heavy atom. The van der Waals surface area contributed by atoms with E-state index in [1.165, 1.54) is 5.57 Å². The number of allylic oxidation sites excluding steroid dienone is 2. The third-order valence-corrected chi connectivity index (χ3v) is 8.79. The molecule has 34 heavy (non-hydrogen) atoms. The molecule has 2 saturated carbocycles. The number of hydrogen-bond acceptors (Lipinski definition) is 8. The number of fused-ring (bicyclic) bond motifs is 1. The summed E-state index contributed by atoms with van der Waals surface area (Å²) in [6.45, 7) is 10.5. The van der Waals surface area contributed by atoms with Gasteiger partial charge in [0.25, 0.3) is 0 Å². The molecule has 196 valence electrons. The van der Waals surface area contributed by atoms with Crippen molar-refractivity contribution in [1.29, 1.82) is 0 Å². The highest BCUT2D eigenvalue weighted by molar-refractivity contribution is 5.18. The van der Waals surface area contributed by atoms with Crippen molar-refractivity contribution in [2.45, 2.75) is 96.1 Å². The normalized spacial score (nSPS) is 45.8. The van der Waals surface area contributed by atoms with Gasteiger partial charge in [-0.15, -0.1) is 0 Å². The molecular weight excluding hydrogens is 440 g/mol. The van der Waals surface area contributed by atoms with Crippen LogP contribution in [0.3, 0.4) is 0 Å². The minimum atomic E-state index is -1.46. The second-order valence-corrected chi connectivity index (χ2v) is 11.3. The summed E-state index contributed by atoms with van der Waals surface area (Å²) >= 11 is 0. The van der Waals surface area contributed by atoms with Crippen LogP contribution in [0.5, 0.6) is 0 Å². The zero-order chi connectivity index (χ0) is 25.3. The molecule has 0 aromatic heterocycles. The summed E-state index contributed by atoms with van der Waals surface area (Å²) in [4.78, 5) is 0. The fourth-order valence-corrected chi connectivity index (χ4v) is 6.91. The van der Waals surface area contributed by atoms with Crippen molar-refractivity contribution in [3.05, 3.63) is 23.8 Å². The molecule has 8 nitrogen and oxygen atoms in total. The molecule has 10 atom stereocenters. The molecule has 0 aromatic rings. The summed E-state index contributed by atoms with van der Waals surface area (Å²) in [6, 6.07) is 0. The first kappa shape index (κ1) is 27.7. The molecule has 0 aromatic carbocycles. The number of hydrogen-bond donors (Lipinski definition) is 6. The number of aliphatic hydroxyl groups excluding tert-OH is 6. The van der Waals surface area contributed by atoms with Crippen LogP contribution in [0.2, 0.25) is 0 Å². The predicted octanol–water partition coefficient (Wildman–Crippen LogP) is 1.27. The van der Waals surface area contributed by atoms with Crippen LogP contribution in [0.25, 0.3) is 0 Å². The highest BCUT2D eigenvalue weighted by atomic mass is 16.7. The molecule has 0 amide bonds. The lowest BCUT2D eigenvalue weighted by Gasteiger charge is -2.59. The Kier molecular flexibility index (Phi) is 9.02. The average Bonchev–Trinajstić information content (AvgIpc) is 2.77. The van der Waals surface area contributed by atoms with E-state index < -0.39 is 43.4 Å².